The number of likely N-dealkylation sites (N-methyl/N-ethyl adjacent to an activating group) is 1. The molecule has 0 aliphatic rings. The molecule has 2 aromatic rings. The number of quaternary nitrogens is 1. The second-order valence-corrected chi connectivity index (χ2v) is 4.76. The first-order valence-electron chi connectivity index (χ1n) is 6.00. The van der Waals surface area contributed by atoms with E-state index in [-0.39, 0.29) is 23.5 Å². The third-order valence-corrected chi connectivity index (χ3v) is 3.10. The minimum atomic E-state index is -0.126. The smallest absolute Gasteiger partial charge is 0.273 e. The fourth-order valence-electron chi connectivity index (χ4n) is 2.00. The van der Waals surface area contributed by atoms with Gasteiger partial charge in [-0.2, -0.15) is 0 Å². The average Bonchev–Trinajstić information content (AvgIpc) is 2.36. The molecule has 0 bridgehead atoms. The monoisotopic (exact) mass is 283 g/mol. The van der Waals surface area contributed by atoms with Crippen LogP contribution in [-0.2, 0) is 13.6 Å². The van der Waals surface area contributed by atoms with Crippen molar-refractivity contribution in [3.8, 4) is 0 Å². The molecule has 19 heavy (non-hydrogen) atoms. The Labute approximate surface area is 117 Å². The van der Waals surface area contributed by atoms with Crippen LogP contribution in [0.5, 0.6) is 0 Å². The standard InChI is InChI=1S/C13H17N3O2.ClH/c1-14(2)8-9-16-13(18)11-7-5-4-6-10(11)12(17)15(16)3;/h4-7H,8-9H2,1-3H3;1H. The third kappa shape index (κ3) is 2.88. The molecule has 0 spiro atoms. The Morgan fingerprint density at radius 1 is 1.05 bits per heavy atom. The molecule has 1 N–H and O–H groups in total. The molecular weight excluding hydrogens is 266 g/mol. The summed E-state index contributed by atoms with van der Waals surface area (Å²) in [6, 6.07) is 6.96. The van der Waals surface area contributed by atoms with Crippen molar-refractivity contribution in [2.45, 2.75) is 6.54 Å². The number of hydrogen-bond donors (Lipinski definition) is 1. The van der Waals surface area contributed by atoms with Crippen molar-refractivity contribution in [1.29, 1.82) is 0 Å². The highest BCUT2D eigenvalue weighted by Gasteiger charge is 2.10. The second-order valence-electron chi connectivity index (χ2n) is 4.76. The number of benzene rings is 1. The predicted octanol–water partition coefficient (Wildman–Crippen LogP) is -4.15. The summed E-state index contributed by atoms with van der Waals surface area (Å²) in [7, 11) is 5.68. The van der Waals surface area contributed by atoms with Crippen molar-refractivity contribution in [3.63, 3.8) is 0 Å². The Morgan fingerprint density at radius 2 is 1.58 bits per heavy atom. The highest BCUT2D eigenvalue weighted by atomic mass is 35.5. The summed E-state index contributed by atoms with van der Waals surface area (Å²) in [6.45, 7) is 1.34. The molecule has 0 unspecified atom stereocenters. The Kier molecular flexibility index (Phi) is 4.91. The third-order valence-electron chi connectivity index (χ3n) is 3.10. The van der Waals surface area contributed by atoms with Gasteiger partial charge in [-0.15, -0.1) is 0 Å². The van der Waals surface area contributed by atoms with E-state index in [1.165, 1.54) is 14.3 Å². The van der Waals surface area contributed by atoms with E-state index in [2.05, 4.69) is 0 Å². The van der Waals surface area contributed by atoms with Gasteiger partial charge in [0.25, 0.3) is 11.1 Å². The quantitative estimate of drug-likeness (QED) is 0.622. The van der Waals surface area contributed by atoms with Crippen LogP contribution in [0.25, 0.3) is 10.8 Å². The first kappa shape index (κ1) is 15.5. The molecular formula is C13H18ClN3O2. The lowest BCUT2D eigenvalue weighted by Gasteiger charge is -2.14. The number of hydrogen-bond acceptors (Lipinski definition) is 2. The fourth-order valence-corrected chi connectivity index (χ4v) is 2.00. The fraction of sp³-hybridized carbons (Fsp3) is 0.385. The van der Waals surface area contributed by atoms with Crippen molar-refractivity contribution in [2.24, 2.45) is 7.05 Å². The minimum Gasteiger partial charge on any atom is -1.00 e. The van der Waals surface area contributed by atoms with E-state index in [0.717, 1.165) is 6.54 Å². The summed E-state index contributed by atoms with van der Waals surface area (Å²) in [5.41, 5.74) is -0.229. The molecule has 1 aromatic heterocycles. The summed E-state index contributed by atoms with van der Waals surface area (Å²) in [4.78, 5) is 25.7. The maximum atomic E-state index is 12.3. The Balaban J connectivity index is 0.00000180. The lowest BCUT2D eigenvalue weighted by Crippen LogP contribution is -3.06. The van der Waals surface area contributed by atoms with E-state index in [0.29, 0.717) is 17.3 Å². The van der Waals surface area contributed by atoms with Gasteiger partial charge < -0.3 is 17.3 Å². The molecule has 2 rings (SSSR count). The van der Waals surface area contributed by atoms with E-state index in [1.807, 2.05) is 14.1 Å². The first-order valence-corrected chi connectivity index (χ1v) is 6.00. The molecule has 0 atom stereocenters. The van der Waals surface area contributed by atoms with Crippen molar-refractivity contribution < 1.29 is 17.3 Å². The van der Waals surface area contributed by atoms with Crippen LogP contribution in [-0.4, -0.2) is 30.0 Å². The predicted molar refractivity (Wildman–Crippen MR) is 71.1 cm³/mol. The minimum absolute atomic E-state index is 0. The van der Waals surface area contributed by atoms with Gasteiger partial charge in [0.2, 0.25) is 0 Å². The van der Waals surface area contributed by atoms with Crippen molar-refractivity contribution in [3.05, 3.63) is 45.0 Å². The molecule has 0 saturated heterocycles. The summed E-state index contributed by atoms with van der Waals surface area (Å²) in [6.07, 6.45) is 0. The molecule has 0 aliphatic carbocycles. The summed E-state index contributed by atoms with van der Waals surface area (Å²) in [5.74, 6) is 0. The summed E-state index contributed by atoms with van der Waals surface area (Å²) < 4.78 is 2.92. The van der Waals surface area contributed by atoms with Gasteiger partial charge in [0.15, 0.2) is 0 Å². The molecule has 0 radical (unpaired) electrons. The zero-order chi connectivity index (χ0) is 13.3. The van der Waals surface area contributed by atoms with E-state index in [1.54, 1.807) is 31.3 Å². The SMILES string of the molecule is Cn1c(=O)c2ccccc2c(=O)n1CC[NH+](C)C.[Cl-]. The van der Waals surface area contributed by atoms with Gasteiger partial charge in [-0.25, -0.2) is 4.68 Å². The Hall–Kier alpha value is -1.59. The van der Waals surface area contributed by atoms with Crippen molar-refractivity contribution in [1.82, 2.24) is 9.36 Å². The average molecular weight is 284 g/mol. The molecule has 0 fully saturated rings. The van der Waals surface area contributed by atoms with Gasteiger partial charge in [-0.1, -0.05) is 12.1 Å². The molecule has 6 heteroatoms. The molecule has 5 nitrogen and oxygen atoms in total. The zero-order valence-corrected chi connectivity index (χ0v) is 12.1. The van der Waals surface area contributed by atoms with Crippen LogP contribution in [0.2, 0.25) is 0 Å². The second kappa shape index (κ2) is 6.04. The highest BCUT2D eigenvalue weighted by molar-refractivity contribution is 5.80. The molecule has 104 valence electrons. The largest absolute Gasteiger partial charge is 1.00 e. The van der Waals surface area contributed by atoms with E-state index in [9.17, 15) is 9.59 Å². The molecule has 1 aromatic carbocycles. The van der Waals surface area contributed by atoms with Crippen molar-refractivity contribution in [2.75, 3.05) is 20.6 Å². The number of fused-ring (bicyclic) bond motifs is 1. The van der Waals surface area contributed by atoms with Crippen LogP contribution in [0.15, 0.2) is 33.9 Å². The zero-order valence-electron chi connectivity index (χ0n) is 11.3. The van der Waals surface area contributed by atoms with Gasteiger partial charge in [0.05, 0.1) is 38.0 Å². The number of aromatic nitrogens is 2. The van der Waals surface area contributed by atoms with Gasteiger partial charge in [-0.3, -0.25) is 14.3 Å². The van der Waals surface area contributed by atoms with Gasteiger partial charge in [0, 0.05) is 7.05 Å². The van der Waals surface area contributed by atoms with Crippen molar-refractivity contribution >= 4 is 10.8 Å². The normalized spacial score (nSPS) is 10.7. The van der Waals surface area contributed by atoms with Gasteiger partial charge >= 0.3 is 0 Å². The number of halogens is 1. The van der Waals surface area contributed by atoms with Crippen LogP contribution < -0.4 is 28.4 Å². The van der Waals surface area contributed by atoms with Crippen LogP contribution in [0, 0.1) is 0 Å². The first-order chi connectivity index (χ1) is 8.52. The Morgan fingerprint density at radius 3 is 2.11 bits per heavy atom. The van der Waals surface area contributed by atoms with E-state index >= 15 is 0 Å². The maximum absolute atomic E-state index is 12.3. The van der Waals surface area contributed by atoms with Crippen LogP contribution in [0.1, 0.15) is 0 Å². The highest BCUT2D eigenvalue weighted by Crippen LogP contribution is 2.02. The summed E-state index contributed by atoms with van der Waals surface area (Å²) >= 11 is 0. The number of rotatable bonds is 3. The molecule has 0 saturated carbocycles. The topological polar surface area (TPSA) is 48.4 Å². The molecule has 0 amide bonds. The maximum Gasteiger partial charge on any atom is 0.273 e. The number of nitrogens with one attached hydrogen (secondary N) is 1. The molecule has 0 aliphatic heterocycles. The lowest BCUT2D eigenvalue weighted by atomic mass is 10.2. The van der Waals surface area contributed by atoms with E-state index in [4.69, 9.17) is 0 Å². The van der Waals surface area contributed by atoms with Gasteiger partial charge in [-0.05, 0) is 12.1 Å². The van der Waals surface area contributed by atoms with Crippen LogP contribution in [0.4, 0.5) is 0 Å². The lowest BCUT2D eigenvalue weighted by molar-refractivity contribution is -0.859. The van der Waals surface area contributed by atoms with Crippen LogP contribution in [0.3, 0.4) is 0 Å². The number of nitrogens with zero attached hydrogens (tertiary/aromatic N) is 2. The van der Waals surface area contributed by atoms with Gasteiger partial charge in [0.1, 0.15) is 0 Å². The Bertz CT molecular complexity index is 688. The van der Waals surface area contributed by atoms with Crippen LogP contribution >= 0.6 is 0 Å². The summed E-state index contributed by atoms with van der Waals surface area (Å²) in [5, 5.41) is 0.979. The molecule has 1 heterocycles. The van der Waals surface area contributed by atoms with E-state index < -0.39 is 0 Å².